The number of hydrogen-bond donors (Lipinski definition) is 1. The number of carbonyl (C=O) groups excluding carboxylic acids is 1. The van der Waals surface area contributed by atoms with Gasteiger partial charge in [-0.2, -0.15) is 18.4 Å². The van der Waals surface area contributed by atoms with Crippen molar-refractivity contribution in [3.05, 3.63) is 47.3 Å². The van der Waals surface area contributed by atoms with Crippen LogP contribution in [0.5, 0.6) is 11.5 Å². The molecule has 1 amide bonds. The van der Waals surface area contributed by atoms with Crippen molar-refractivity contribution in [3.8, 4) is 17.6 Å². The van der Waals surface area contributed by atoms with Crippen molar-refractivity contribution < 1.29 is 36.9 Å². The number of hydrogen-bond acceptors (Lipinski definition) is 6. The number of ether oxygens (including phenoxy) is 2. The maximum atomic E-state index is 15.1. The number of nitrogens with zero attached hydrogens (tertiary/aromatic N) is 3. The summed E-state index contributed by atoms with van der Waals surface area (Å²) in [5.41, 5.74) is -4.42. The van der Waals surface area contributed by atoms with E-state index in [1.54, 1.807) is 12.1 Å². The Morgan fingerprint density at radius 1 is 1.26 bits per heavy atom. The van der Waals surface area contributed by atoms with E-state index in [2.05, 4.69) is 0 Å². The first-order valence-corrected chi connectivity index (χ1v) is 10.4. The van der Waals surface area contributed by atoms with Crippen molar-refractivity contribution in [3.63, 3.8) is 0 Å². The van der Waals surface area contributed by atoms with Gasteiger partial charge < -0.3 is 19.5 Å². The molecule has 0 saturated carbocycles. The summed E-state index contributed by atoms with van der Waals surface area (Å²) in [6.45, 7) is 2.82. The number of halogens is 4. The molecule has 1 N–H and O–H groups in total. The minimum absolute atomic E-state index is 0.0858. The molecule has 34 heavy (non-hydrogen) atoms. The molecule has 1 fully saturated rings. The van der Waals surface area contributed by atoms with Crippen LogP contribution in [0.15, 0.2) is 30.3 Å². The summed E-state index contributed by atoms with van der Waals surface area (Å²) >= 11 is 5.41. The lowest BCUT2D eigenvalue weighted by Crippen LogP contribution is -2.44. The number of amides is 1. The van der Waals surface area contributed by atoms with Crippen LogP contribution in [0.4, 0.5) is 28.9 Å². The van der Waals surface area contributed by atoms with Crippen molar-refractivity contribution in [2.75, 3.05) is 23.0 Å². The van der Waals surface area contributed by atoms with Gasteiger partial charge in [0.1, 0.15) is 17.7 Å². The summed E-state index contributed by atoms with van der Waals surface area (Å²) in [6, 6.07) is 7.68. The fraction of sp³-hybridized carbons (Fsp3) is 0.318. The number of alkyl halides is 3. The SMILES string of the molecule is CC1(C)C(=O)N(c2ccc(C#N)c(C(F)(F)F)c2F)C(=S)N1c1ccc2c(c1)OCC(CO)O2. The maximum Gasteiger partial charge on any atom is 0.420 e. The second kappa shape index (κ2) is 8.11. The molecule has 2 aromatic carbocycles. The Hall–Kier alpha value is -3.43. The number of carbonyl (C=O) groups is 1. The molecule has 1 atom stereocenters. The van der Waals surface area contributed by atoms with Gasteiger partial charge in [-0.25, -0.2) is 4.39 Å². The fourth-order valence-corrected chi connectivity index (χ4v) is 4.40. The smallest absolute Gasteiger partial charge is 0.420 e. The van der Waals surface area contributed by atoms with Gasteiger partial charge in [0.2, 0.25) is 0 Å². The highest BCUT2D eigenvalue weighted by molar-refractivity contribution is 7.81. The van der Waals surface area contributed by atoms with Crippen molar-refractivity contribution in [2.24, 2.45) is 0 Å². The topological polar surface area (TPSA) is 86.0 Å². The molecule has 1 unspecified atom stereocenters. The molecular formula is C22H17F4N3O4S. The number of thiocarbonyl (C=S) groups is 1. The Labute approximate surface area is 196 Å². The van der Waals surface area contributed by atoms with Crippen molar-refractivity contribution in [1.29, 1.82) is 5.26 Å². The van der Waals surface area contributed by atoms with Crippen LogP contribution in [-0.2, 0) is 11.0 Å². The molecule has 7 nitrogen and oxygen atoms in total. The highest BCUT2D eigenvalue weighted by Crippen LogP contribution is 2.43. The molecule has 0 bridgehead atoms. The third kappa shape index (κ3) is 3.61. The number of anilines is 2. The Morgan fingerprint density at radius 3 is 2.59 bits per heavy atom. The Kier molecular flexibility index (Phi) is 5.65. The van der Waals surface area contributed by atoms with Gasteiger partial charge in [-0.3, -0.25) is 9.69 Å². The van der Waals surface area contributed by atoms with Crippen LogP contribution < -0.4 is 19.3 Å². The average Bonchev–Trinajstić information content (AvgIpc) is 2.95. The number of benzene rings is 2. The van der Waals surface area contributed by atoms with Crippen LogP contribution in [0, 0.1) is 17.1 Å². The number of rotatable bonds is 3. The van der Waals surface area contributed by atoms with Crippen molar-refractivity contribution in [1.82, 2.24) is 0 Å². The number of nitriles is 1. The van der Waals surface area contributed by atoms with E-state index >= 15 is 4.39 Å². The van der Waals surface area contributed by atoms with Gasteiger partial charge in [0.25, 0.3) is 5.91 Å². The van der Waals surface area contributed by atoms with E-state index in [9.17, 15) is 23.1 Å². The van der Waals surface area contributed by atoms with Crippen LogP contribution in [0.1, 0.15) is 25.0 Å². The molecule has 2 aromatic rings. The Balaban J connectivity index is 1.78. The second-order valence-electron chi connectivity index (χ2n) is 8.11. The van der Waals surface area contributed by atoms with E-state index in [-0.39, 0.29) is 18.3 Å². The number of fused-ring (bicyclic) bond motifs is 1. The van der Waals surface area contributed by atoms with Gasteiger partial charge in [0, 0.05) is 11.8 Å². The molecule has 178 valence electrons. The molecule has 2 aliphatic rings. The van der Waals surface area contributed by atoms with Crippen molar-refractivity contribution >= 4 is 34.6 Å². The third-order valence-corrected chi connectivity index (χ3v) is 5.91. The molecule has 12 heteroatoms. The Morgan fingerprint density at radius 2 is 1.97 bits per heavy atom. The fourth-order valence-electron chi connectivity index (χ4n) is 3.88. The molecule has 0 aromatic heterocycles. The summed E-state index contributed by atoms with van der Waals surface area (Å²) in [4.78, 5) is 15.3. The normalized spacial score (nSPS) is 19.4. The highest BCUT2D eigenvalue weighted by atomic mass is 32.1. The summed E-state index contributed by atoms with van der Waals surface area (Å²) in [5, 5.41) is 18.0. The summed E-state index contributed by atoms with van der Waals surface area (Å²) in [5.74, 6) is -1.86. The van der Waals surface area contributed by atoms with Crippen LogP contribution in [-0.4, -0.2) is 41.0 Å². The standard InChI is InChI=1S/C22H17F4N3O4S/c1-21(2)19(31)28(14-5-3-11(8-27)17(18(14)23)22(24,25)26)20(34)29(21)12-4-6-15-16(7-12)32-10-13(9-30)33-15/h3-7,13,30H,9-10H2,1-2H3. The van der Waals surface area contributed by atoms with Gasteiger partial charge in [-0.1, -0.05) is 0 Å². The van der Waals surface area contributed by atoms with Crippen LogP contribution >= 0.6 is 12.2 Å². The molecule has 2 aliphatic heterocycles. The van der Waals surface area contributed by atoms with Gasteiger partial charge in [0.15, 0.2) is 28.5 Å². The van der Waals surface area contributed by atoms with E-state index in [1.165, 1.54) is 30.9 Å². The quantitative estimate of drug-likeness (QED) is 0.513. The molecule has 2 heterocycles. The molecular weight excluding hydrogens is 478 g/mol. The van der Waals surface area contributed by atoms with E-state index in [0.29, 0.717) is 22.1 Å². The van der Waals surface area contributed by atoms with E-state index in [4.69, 9.17) is 27.0 Å². The first-order valence-electron chi connectivity index (χ1n) is 9.94. The molecule has 0 spiro atoms. The lowest BCUT2D eigenvalue weighted by molar-refractivity contribution is -0.140. The minimum Gasteiger partial charge on any atom is -0.486 e. The number of aliphatic hydroxyl groups is 1. The average molecular weight is 495 g/mol. The zero-order valence-electron chi connectivity index (χ0n) is 17.8. The molecule has 4 rings (SSSR count). The van der Waals surface area contributed by atoms with Gasteiger partial charge >= 0.3 is 6.18 Å². The van der Waals surface area contributed by atoms with Crippen LogP contribution in [0.25, 0.3) is 0 Å². The first kappa shape index (κ1) is 23.7. The third-order valence-electron chi connectivity index (χ3n) is 5.54. The van der Waals surface area contributed by atoms with E-state index in [1.807, 2.05) is 0 Å². The Bertz CT molecular complexity index is 1240. The lowest BCUT2D eigenvalue weighted by atomic mass is 10.0. The zero-order valence-corrected chi connectivity index (χ0v) is 18.6. The maximum absolute atomic E-state index is 15.1. The van der Waals surface area contributed by atoms with Gasteiger partial charge in [-0.15, -0.1) is 0 Å². The highest BCUT2D eigenvalue weighted by Gasteiger charge is 2.52. The lowest BCUT2D eigenvalue weighted by Gasteiger charge is -2.31. The van der Waals surface area contributed by atoms with E-state index in [0.717, 1.165) is 12.1 Å². The first-order chi connectivity index (χ1) is 15.9. The van der Waals surface area contributed by atoms with Gasteiger partial charge in [0.05, 0.1) is 23.9 Å². The zero-order chi connectivity index (χ0) is 25.0. The molecule has 1 saturated heterocycles. The summed E-state index contributed by atoms with van der Waals surface area (Å²) in [6.07, 6.45) is -5.70. The van der Waals surface area contributed by atoms with Crippen LogP contribution in [0.2, 0.25) is 0 Å². The van der Waals surface area contributed by atoms with Crippen molar-refractivity contribution in [2.45, 2.75) is 31.7 Å². The minimum atomic E-state index is -5.16. The summed E-state index contributed by atoms with van der Waals surface area (Å²) in [7, 11) is 0. The predicted molar refractivity (Wildman–Crippen MR) is 116 cm³/mol. The molecule has 0 aliphatic carbocycles. The largest absolute Gasteiger partial charge is 0.486 e. The van der Waals surface area contributed by atoms with Gasteiger partial charge in [-0.05, 0) is 50.3 Å². The second-order valence-corrected chi connectivity index (χ2v) is 8.48. The van der Waals surface area contributed by atoms with Crippen LogP contribution in [0.3, 0.4) is 0 Å². The predicted octanol–water partition coefficient (Wildman–Crippen LogP) is 3.76. The monoisotopic (exact) mass is 495 g/mol. The van der Waals surface area contributed by atoms with E-state index < -0.39 is 46.4 Å². The molecule has 0 radical (unpaired) electrons. The summed E-state index contributed by atoms with van der Waals surface area (Å²) < 4.78 is 66.7. The number of aliphatic hydroxyl groups excluding tert-OH is 1.